The van der Waals surface area contributed by atoms with E-state index in [1.807, 2.05) is 30.3 Å². The second-order valence-electron chi connectivity index (χ2n) is 12.7. The normalized spacial score (nSPS) is 35.6. The largest absolute Gasteiger partial charge is 0.394 e. The number of rotatable bonds is 13. The van der Waals surface area contributed by atoms with Gasteiger partial charge in [0.1, 0.15) is 30.5 Å². The molecule has 1 saturated heterocycles. The number of amides is 1. The number of carbonyl (C=O) groups excluding carboxylic acids is 1. The number of nitrogens with one attached hydrogen (secondary N) is 2. The van der Waals surface area contributed by atoms with Crippen LogP contribution in [0.2, 0.25) is 0 Å². The lowest BCUT2D eigenvalue weighted by Crippen LogP contribution is -2.60. The number of ether oxygens (including phenoxy) is 1. The highest BCUT2D eigenvalue weighted by atomic mass is 32.2. The van der Waals surface area contributed by atoms with Gasteiger partial charge in [-0.15, -0.1) is 0 Å². The lowest BCUT2D eigenvalue weighted by molar-refractivity contribution is -0.233. The Kier molecular flexibility index (Phi) is 10.4. The molecule has 2 aliphatic carbocycles. The van der Waals surface area contributed by atoms with Gasteiger partial charge in [0.25, 0.3) is 10.1 Å². The number of hydrogen-bond donors (Lipinski definition) is 6. The van der Waals surface area contributed by atoms with Crippen LogP contribution in [0.25, 0.3) is 0 Å². The van der Waals surface area contributed by atoms with Gasteiger partial charge in [0.2, 0.25) is 5.91 Å². The molecule has 42 heavy (non-hydrogen) atoms. The minimum absolute atomic E-state index is 0.0865. The number of hydrogen-bond acceptors (Lipinski definition) is 11. The van der Waals surface area contributed by atoms with E-state index in [0.717, 1.165) is 19.1 Å². The molecule has 1 aliphatic heterocycles. The Hall–Kier alpha value is -1.68. The molecular formula is C29H46N2O10S. The van der Waals surface area contributed by atoms with Crippen LogP contribution in [0.4, 0.5) is 0 Å². The summed E-state index contributed by atoms with van der Waals surface area (Å²) in [6.07, 6.45) is -4.25. The van der Waals surface area contributed by atoms with Gasteiger partial charge >= 0.3 is 0 Å². The first-order valence-corrected chi connectivity index (χ1v) is 16.1. The van der Waals surface area contributed by atoms with Gasteiger partial charge in [-0.3, -0.25) is 13.8 Å². The quantitative estimate of drug-likeness (QED) is 0.132. The molecule has 6 N–H and O–H groups in total. The molecule has 0 radical (unpaired) electrons. The molecule has 3 aliphatic rings. The summed E-state index contributed by atoms with van der Waals surface area (Å²) in [5.74, 6) is -0.883. The fraction of sp³-hybridized carbons (Fsp3) is 0.759. The molecule has 13 heteroatoms. The second kappa shape index (κ2) is 13.1. The minimum atomic E-state index is -3.81. The summed E-state index contributed by atoms with van der Waals surface area (Å²) in [6, 6.07) is 8.02. The van der Waals surface area contributed by atoms with Crippen LogP contribution in [0, 0.1) is 22.7 Å². The third kappa shape index (κ3) is 6.54. The summed E-state index contributed by atoms with van der Waals surface area (Å²) in [5.41, 5.74) is 2.70. The van der Waals surface area contributed by atoms with Gasteiger partial charge in [0.15, 0.2) is 0 Å². The Morgan fingerprint density at radius 2 is 1.79 bits per heavy atom. The molecule has 238 valence electrons. The maximum atomic E-state index is 13.9. The first-order chi connectivity index (χ1) is 19.8. The van der Waals surface area contributed by atoms with Crippen molar-refractivity contribution in [1.82, 2.24) is 10.8 Å². The molecule has 12 nitrogen and oxygen atoms in total. The maximum absolute atomic E-state index is 13.9. The smallest absolute Gasteiger partial charge is 0.267 e. The first-order valence-electron chi connectivity index (χ1n) is 14.6. The van der Waals surface area contributed by atoms with Crippen molar-refractivity contribution in [3.63, 3.8) is 0 Å². The van der Waals surface area contributed by atoms with Gasteiger partial charge < -0.3 is 30.5 Å². The maximum Gasteiger partial charge on any atom is 0.267 e. The highest BCUT2D eigenvalue weighted by molar-refractivity contribution is 7.86. The van der Waals surface area contributed by atoms with Gasteiger partial charge in [0.05, 0.1) is 32.2 Å². The van der Waals surface area contributed by atoms with Crippen molar-refractivity contribution in [1.29, 1.82) is 0 Å². The highest BCUT2D eigenvalue weighted by Crippen LogP contribution is 2.66. The lowest BCUT2D eigenvalue weighted by atomic mass is 9.69. The predicted octanol–water partition coefficient (Wildman–Crippen LogP) is 0.232. The number of aliphatic hydroxyl groups excluding tert-OH is 4. The van der Waals surface area contributed by atoms with E-state index >= 15 is 0 Å². The highest BCUT2D eigenvalue weighted by Gasteiger charge is 2.65. The van der Waals surface area contributed by atoms with E-state index in [4.69, 9.17) is 13.8 Å². The van der Waals surface area contributed by atoms with E-state index in [-0.39, 0.29) is 30.1 Å². The third-order valence-electron chi connectivity index (χ3n) is 10.2. The van der Waals surface area contributed by atoms with Gasteiger partial charge in [-0.05, 0) is 48.5 Å². The summed E-state index contributed by atoms with van der Waals surface area (Å²) in [4.78, 5) is 19.7. The Morgan fingerprint density at radius 1 is 1.12 bits per heavy atom. The molecule has 2 bridgehead atoms. The second-order valence-corrected chi connectivity index (χ2v) is 14.5. The Morgan fingerprint density at radius 3 is 2.40 bits per heavy atom. The molecule has 0 aromatic heterocycles. The molecule has 10 atom stereocenters. The molecule has 3 fully saturated rings. The first kappa shape index (κ1) is 33.2. The van der Waals surface area contributed by atoms with Crippen LogP contribution in [0.1, 0.15) is 52.0 Å². The molecule has 1 amide bonds. The van der Waals surface area contributed by atoms with Crippen LogP contribution in [0.3, 0.4) is 0 Å². The van der Waals surface area contributed by atoms with Crippen LogP contribution in [-0.2, 0) is 35.3 Å². The van der Waals surface area contributed by atoms with E-state index < -0.39 is 76.6 Å². The summed E-state index contributed by atoms with van der Waals surface area (Å²) in [5, 5.41) is 43.8. The van der Waals surface area contributed by atoms with Crippen molar-refractivity contribution in [2.75, 3.05) is 19.5 Å². The summed E-state index contributed by atoms with van der Waals surface area (Å²) in [6.45, 7) is 5.50. The van der Waals surface area contributed by atoms with E-state index in [1.54, 1.807) is 6.92 Å². The molecule has 0 spiro atoms. The zero-order chi connectivity index (χ0) is 30.9. The van der Waals surface area contributed by atoms with Crippen molar-refractivity contribution in [2.45, 2.75) is 95.7 Å². The van der Waals surface area contributed by atoms with Crippen molar-refractivity contribution < 1.29 is 47.4 Å². The Labute approximate surface area is 247 Å². The lowest BCUT2D eigenvalue weighted by Gasteiger charge is -2.43. The summed E-state index contributed by atoms with van der Waals surface area (Å²) in [7, 11) is -2.66. The van der Waals surface area contributed by atoms with Crippen molar-refractivity contribution in [3.05, 3.63) is 35.9 Å². The summed E-state index contributed by atoms with van der Waals surface area (Å²) >= 11 is 0. The molecular weight excluding hydrogens is 568 g/mol. The molecule has 1 aromatic rings. The number of hydroxylamine groups is 1. The fourth-order valence-electron chi connectivity index (χ4n) is 7.35. The molecule has 0 unspecified atom stereocenters. The fourth-order valence-corrected chi connectivity index (χ4v) is 8.82. The van der Waals surface area contributed by atoms with Gasteiger partial charge in [0, 0.05) is 11.5 Å². The number of carbonyl (C=O) groups is 1. The van der Waals surface area contributed by atoms with Gasteiger partial charge in [-0.25, -0.2) is 0 Å². The standard InChI is InChI=1S/C29H46N2O10S/c1-17(12-20-24(33)26(35)25(34)21(14-32)41-20)23(31-40-15-18-8-6-5-7-9-18)27(36)30-22-13-19-10-11-29(22,28(19,2)3)16-42(37,38)39-4/h5-9,17,19-26,31-35H,10-16H2,1-4H3,(H,30,36)/t17-,19-,20+,21-,22-,23+,24+,25-,26-,29-/m1/s1. The van der Waals surface area contributed by atoms with E-state index in [0.29, 0.717) is 12.8 Å². The van der Waals surface area contributed by atoms with Gasteiger partial charge in [-0.1, -0.05) is 51.1 Å². The topological polar surface area (TPSA) is 184 Å². The molecule has 1 aromatic carbocycles. The van der Waals surface area contributed by atoms with Crippen LogP contribution < -0.4 is 10.8 Å². The SMILES string of the molecule is COS(=O)(=O)C[C@]12CC[C@H](C[C@H]1NC(=O)[C@@H](NOCc1ccccc1)[C@H](C)C[C@@H]1O[C@H](CO)[C@@H](O)[C@H](O)[C@H]1O)C2(C)C. The zero-order valence-electron chi connectivity index (χ0n) is 24.7. The average molecular weight is 615 g/mol. The van der Waals surface area contributed by atoms with Crippen LogP contribution in [0.15, 0.2) is 30.3 Å². The third-order valence-corrected chi connectivity index (χ3v) is 11.6. The Balaban J connectivity index is 1.53. The number of aliphatic hydroxyl groups is 4. The molecule has 2 saturated carbocycles. The molecule has 4 rings (SSSR count). The monoisotopic (exact) mass is 614 g/mol. The van der Waals surface area contributed by atoms with Crippen LogP contribution in [-0.4, -0.2) is 96.8 Å². The van der Waals surface area contributed by atoms with Gasteiger partial charge in [-0.2, -0.15) is 13.9 Å². The number of fused-ring (bicyclic) bond motifs is 2. The minimum Gasteiger partial charge on any atom is -0.394 e. The number of benzene rings is 1. The van der Waals surface area contributed by atoms with E-state index in [9.17, 15) is 33.6 Å². The predicted molar refractivity (Wildman–Crippen MR) is 152 cm³/mol. The zero-order valence-corrected chi connectivity index (χ0v) is 25.5. The van der Waals surface area contributed by atoms with Crippen LogP contribution >= 0.6 is 0 Å². The summed E-state index contributed by atoms with van der Waals surface area (Å²) < 4.78 is 35.9. The van der Waals surface area contributed by atoms with Crippen molar-refractivity contribution in [2.24, 2.45) is 22.7 Å². The van der Waals surface area contributed by atoms with E-state index in [1.165, 1.54) is 0 Å². The Bertz CT molecular complexity index is 1170. The van der Waals surface area contributed by atoms with Crippen molar-refractivity contribution >= 4 is 16.0 Å². The molecule has 1 heterocycles. The van der Waals surface area contributed by atoms with Crippen LogP contribution in [0.5, 0.6) is 0 Å². The van der Waals surface area contributed by atoms with Crippen molar-refractivity contribution in [3.8, 4) is 0 Å². The van der Waals surface area contributed by atoms with E-state index in [2.05, 4.69) is 24.6 Å². The average Bonchev–Trinajstić information content (AvgIpc) is 3.31.